The lowest BCUT2D eigenvalue weighted by atomic mass is 9.91. The summed E-state index contributed by atoms with van der Waals surface area (Å²) >= 11 is 1.67. The van der Waals surface area contributed by atoms with Gasteiger partial charge in [0.05, 0.1) is 22.0 Å². The van der Waals surface area contributed by atoms with Crippen LogP contribution < -0.4 is 10.9 Å². The summed E-state index contributed by atoms with van der Waals surface area (Å²) < 4.78 is 2.86. The molecular formula is C19H21N5OS. The highest BCUT2D eigenvalue weighted by atomic mass is 32.1. The van der Waals surface area contributed by atoms with Gasteiger partial charge in [0, 0.05) is 18.0 Å². The van der Waals surface area contributed by atoms with Gasteiger partial charge < -0.3 is 5.32 Å². The summed E-state index contributed by atoms with van der Waals surface area (Å²) in [7, 11) is 0. The van der Waals surface area contributed by atoms with E-state index >= 15 is 0 Å². The third-order valence-corrected chi connectivity index (χ3v) is 6.38. The summed E-state index contributed by atoms with van der Waals surface area (Å²) in [6.45, 7) is 0. The number of anilines is 1. The van der Waals surface area contributed by atoms with Gasteiger partial charge in [-0.3, -0.25) is 4.79 Å². The van der Waals surface area contributed by atoms with E-state index in [-0.39, 0.29) is 11.6 Å². The molecule has 0 spiro atoms. The Bertz CT molecular complexity index is 985. The van der Waals surface area contributed by atoms with Crippen LogP contribution in [0.15, 0.2) is 34.7 Å². The van der Waals surface area contributed by atoms with Gasteiger partial charge in [0.1, 0.15) is 12.1 Å². The van der Waals surface area contributed by atoms with Gasteiger partial charge in [-0.15, -0.1) is 11.3 Å². The number of aromatic nitrogens is 4. The van der Waals surface area contributed by atoms with E-state index in [1.165, 1.54) is 12.8 Å². The molecule has 0 saturated heterocycles. The molecule has 5 rings (SSSR count). The Morgan fingerprint density at radius 2 is 1.88 bits per heavy atom. The fourth-order valence-corrected chi connectivity index (χ4v) is 4.65. The predicted molar refractivity (Wildman–Crippen MR) is 103 cm³/mol. The van der Waals surface area contributed by atoms with Crippen LogP contribution in [-0.4, -0.2) is 25.8 Å². The smallest absolute Gasteiger partial charge is 0.267 e. The molecule has 0 radical (unpaired) electrons. The number of hydrogen-bond acceptors (Lipinski definition) is 6. The van der Waals surface area contributed by atoms with Crippen molar-refractivity contribution in [1.29, 1.82) is 0 Å². The highest BCUT2D eigenvalue weighted by Gasteiger charge is 2.28. The van der Waals surface area contributed by atoms with Crippen molar-refractivity contribution in [1.82, 2.24) is 19.7 Å². The van der Waals surface area contributed by atoms with Crippen molar-refractivity contribution in [2.45, 2.75) is 56.5 Å². The molecule has 2 aliphatic rings. The highest BCUT2D eigenvalue weighted by molar-refractivity contribution is 7.17. The Labute approximate surface area is 155 Å². The van der Waals surface area contributed by atoms with Gasteiger partial charge in [-0.2, -0.15) is 5.10 Å². The normalized spacial score (nSPS) is 23.2. The zero-order valence-corrected chi connectivity index (χ0v) is 15.3. The summed E-state index contributed by atoms with van der Waals surface area (Å²) in [6, 6.07) is 6.22. The van der Waals surface area contributed by atoms with Crippen LogP contribution in [0.3, 0.4) is 0 Å². The molecule has 3 aromatic heterocycles. The third-order valence-electron chi connectivity index (χ3n) is 5.47. The Balaban J connectivity index is 1.28. The van der Waals surface area contributed by atoms with Crippen LogP contribution in [0, 0.1) is 0 Å². The van der Waals surface area contributed by atoms with E-state index in [9.17, 15) is 4.79 Å². The molecule has 3 aromatic rings. The van der Waals surface area contributed by atoms with Crippen LogP contribution in [0.1, 0.15) is 56.2 Å². The van der Waals surface area contributed by atoms with Crippen molar-refractivity contribution in [2.24, 2.45) is 0 Å². The Hall–Kier alpha value is -2.28. The van der Waals surface area contributed by atoms with Crippen LogP contribution >= 0.6 is 11.3 Å². The third kappa shape index (κ3) is 3.00. The molecule has 26 heavy (non-hydrogen) atoms. The number of rotatable bonds is 4. The van der Waals surface area contributed by atoms with E-state index < -0.39 is 0 Å². The lowest BCUT2D eigenvalue weighted by Crippen LogP contribution is -2.33. The molecule has 0 aliphatic heterocycles. The molecule has 7 heteroatoms. The maximum atomic E-state index is 12.3. The van der Waals surface area contributed by atoms with Gasteiger partial charge in [-0.05, 0) is 56.0 Å². The first-order chi connectivity index (χ1) is 12.8. The number of nitrogens with one attached hydrogen (secondary N) is 1. The monoisotopic (exact) mass is 367 g/mol. The van der Waals surface area contributed by atoms with Gasteiger partial charge in [-0.25, -0.2) is 14.6 Å². The number of thiophene rings is 1. The number of nitrogens with zero attached hydrogens (tertiary/aromatic N) is 4. The first-order valence-electron chi connectivity index (χ1n) is 9.32. The van der Waals surface area contributed by atoms with E-state index in [1.54, 1.807) is 28.4 Å². The van der Waals surface area contributed by atoms with E-state index in [1.807, 2.05) is 17.5 Å². The molecule has 0 atom stereocenters. The quantitative estimate of drug-likeness (QED) is 0.761. The molecule has 1 N–H and O–H groups in total. The minimum absolute atomic E-state index is 0.0295. The van der Waals surface area contributed by atoms with Gasteiger partial charge >= 0.3 is 0 Å². The van der Waals surface area contributed by atoms with Gasteiger partial charge in [0.2, 0.25) is 0 Å². The molecule has 0 unspecified atom stereocenters. The van der Waals surface area contributed by atoms with Crippen LogP contribution in [0.2, 0.25) is 0 Å². The lowest BCUT2D eigenvalue weighted by Gasteiger charge is -2.30. The Kier molecular flexibility index (Phi) is 3.96. The first kappa shape index (κ1) is 15.9. The maximum Gasteiger partial charge on any atom is 0.267 e. The molecular weight excluding hydrogens is 346 g/mol. The van der Waals surface area contributed by atoms with Crippen molar-refractivity contribution in [2.75, 3.05) is 5.32 Å². The van der Waals surface area contributed by atoms with E-state index in [0.29, 0.717) is 12.0 Å². The minimum atomic E-state index is 0.0295. The minimum Gasteiger partial charge on any atom is -0.366 e. The molecule has 0 bridgehead atoms. The lowest BCUT2D eigenvalue weighted by molar-refractivity contribution is 0.301. The average Bonchev–Trinajstić information content (AvgIpc) is 3.40. The summed E-state index contributed by atoms with van der Waals surface area (Å²) in [5.74, 6) is 1.50. The van der Waals surface area contributed by atoms with Crippen LogP contribution in [0.5, 0.6) is 0 Å². The molecule has 2 fully saturated rings. The number of fused-ring (bicyclic) bond motifs is 1. The summed E-state index contributed by atoms with van der Waals surface area (Å²) in [6.07, 6.45) is 8.01. The topological polar surface area (TPSA) is 72.7 Å². The first-order valence-corrected chi connectivity index (χ1v) is 10.2. The van der Waals surface area contributed by atoms with Crippen molar-refractivity contribution in [3.05, 3.63) is 46.0 Å². The van der Waals surface area contributed by atoms with Crippen molar-refractivity contribution < 1.29 is 0 Å². The van der Waals surface area contributed by atoms with Crippen LogP contribution in [0.4, 0.5) is 5.82 Å². The zero-order chi connectivity index (χ0) is 17.5. The molecule has 6 nitrogen and oxygen atoms in total. The van der Waals surface area contributed by atoms with Crippen molar-refractivity contribution in [3.8, 4) is 0 Å². The fourth-order valence-electron chi connectivity index (χ4n) is 3.85. The molecule has 0 aromatic carbocycles. The van der Waals surface area contributed by atoms with Crippen LogP contribution in [-0.2, 0) is 0 Å². The summed E-state index contributed by atoms with van der Waals surface area (Å²) in [4.78, 5) is 21.0. The second kappa shape index (κ2) is 6.46. The molecule has 2 saturated carbocycles. The molecule has 134 valence electrons. The second-order valence-electron chi connectivity index (χ2n) is 7.32. The van der Waals surface area contributed by atoms with E-state index in [4.69, 9.17) is 0 Å². The standard InChI is InChI=1S/C19H21N5OS/c25-17-8-7-15(12-1-2-12)23-24(17)14-5-3-13(4-6-14)22-19-18-16(9-10-26-18)20-11-21-19/h7-14H,1-6H2,(H,20,21,22). The van der Waals surface area contributed by atoms with Crippen LogP contribution in [0.25, 0.3) is 10.2 Å². The largest absolute Gasteiger partial charge is 0.366 e. The average molecular weight is 367 g/mol. The summed E-state index contributed by atoms with van der Waals surface area (Å²) in [5, 5.41) is 10.3. The van der Waals surface area contributed by atoms with E-state index in [0.717, 1.165) is 47.4 Å². The number of hydrogen-bond donors (Lipinski definition) is 1. The molecule has 2 aliphatic carbocycles. The molecule has 3 heterocycles. The van der Waals surface area contributed by atoms with E-state index in [2.05, 4.69) is 20.4 Å². The van der Waals surface area contributed by atoms with Crippen molar-refractivity contribution in [3.63, 3.8) is 0 Å². The molecule has 0 amide bonds. The van der Waals surface area contributed by atoms with Gasteiger partial charge in [0.25, 0.3) is 5.56 Å². The Morgan fingerprint density at radius 3 is 2.69 bits per heavy atom. The zero-order valence-electron chi connectivity index (χ0n) is 14.5. The highest BCUT2D eigenvalue weighted by Crippen LogP contribution is 2.39. The summed E-state index contributed by atoms with van der Waals surface area (Å²) in [5.41, 5.74) is 2.11. The fraction of sp³-hybridized carbons (Fsp3) is 0.474. The predicted octanol–water partition coefficient (Wildman–Crippen LogP) is 3.72. The second-order valence-corrected chi connectivity index (χ2v) is 8.24. The van der Waals surface area contributed by atoms with Gasteiger partial charge in [-0.1, -0.05) is 0 Å². The SMILES string of the molecule is O=c1ccc(C2CC2)nn1C1CCC(Nc2ncnc3ccsc23)CC1. The maximum absolute atomic E-state index is 12.3. The van der Waals surface area contributed by atoms with Crippen molar-refractivity contribution >= 4 is 27.4 Å². The Morgan fingerprint density at radius 1 is 1.04 bits per heavy atom. The van der Waals surface area contributed by atoms with Gasteiger partial charge in [0.15, 0.2) is 0 Å².